The molecule has 19 heavy (non-hydrogen) atoms. The molecule has 4 nitrogen and oxygen atoms in total. The molecule has 0 saturated carbocycles. The first-order valence-electron chi connectivity index (χ1n) is 7.96. The van der Waals surface area contributed by atoms with Crippen LogP contribution < -0.4 is 10.6 Å². The lowest BCUT2D eigenvalue weighted by Crippen LogP contribution is -2.49. The average molecular weight is 265 g/mol. The van der Waals surface area contributed by atoms with Crippen molar-refractivity contribution in [1.29, 1.82) is 0 Å². The third kappa shape index (κ3) is 2.79. The van der Waals surface area contributed by atoms with Gasteiger partial charge in [0, 0.05) is 31.6 Å². The predicted molar refractivity (Wildman–Crippen MR) is 75.9 cm³/mol. The number of rotatable bonds is 3. The van der Waals surface area contributed by atoms with Crippen molar-refractivity contribution in [2.24, 2.45) is 11.8 Å². The molecule has 0 aromatic rings. The van der Waals surface area contributed by atoms with Crippen LogP contribution in [0.2, 0.25) is 0 Å². The number of nitrogens with zero attached hydrogens (tertiary/aromatic N) is 1. The summed E-state index contributed by atoms with van der Waals surface area (Å²) in [5.41, 5.74) is 0. The van der Waals surface area contributed by atoms with Crippen molar-refractivity contribution in [3.63, 3.8) is 0 Å². The molecule has 2 atom stereocenters. The molecule has 0 aromatic heterocycles. The minimum Gasteiger partial charge on any atom is -0.359 e. The molecule has 3 saturated heterocycles. The average Bonchev–Trinajstić information content (AvgIpc) is 2.69. The number of fused-ring (bicyclic) bond motifs is 2. The van der Waals surface area contributed by atoms with Crippen molar-refractivity contribution < 1.29 is 4.79 Å². The number of carbonyl (C=O) groups is 1. The van der Waals surface area contributed by atoms with Crippen LogP contribution in [0.5, 0.6) is 0 Å². The maximum atomic E-state index is 11.8. The van der Waals surface area contributed by atoms with Crippen LogP contribution in [0.1, 0.15) is 38.5 Å². The summed E-state index contributed by atoms with van der Waals surface area (Å²) in [5.74, 6) is 1.41. The molecular formula is C15H27N3O. The highest BCUT2D eigenvalue weighted by molar-refractivity contribution is 5.78. The molecule has 2 bridgehead atoms. The summed E-state index contributed by atoms with van der Waals surface area (Å²) in [7, 11) is 1.77. The zero-order chi connectivity index (χ0) is 13.2. The van der Waals surface area contributed by atoms with Crippen molar-refractivity contribution in [3.05, 3.63) is 0 Å². The fourth-order valence-electron chi connectivity index (χ4n) is 4.35. The largest absolute Gasteiger partial charge is 0.359 e. The minimum absolute atomic E-state index is 0.262. The SMILES string of the molecule is CNC(=O)C1CC2CCC(C1)N2CC1CCNCC1. The normalized spacial score (nSPS) is 36.4. The Labute approximate surface area is 116 Å². The summed E-state index contributed by atoms with van der Waals surface area (Å²) < 4.78 is 0. The second kappa shape index (κ2) is 5.80. The molecule has 3 fully saturated rings. The molecule has 0 aromatic carbocycles. The number of carbonyl (C=O) groups excluding carboxylic acids is 1. The first kappa shape index (κ1) is 13.4. The van der Waals surface area contributed by atoms with Crippen molar-refractivity contribution in [2.75, 3.05) is 26.7 Å². The Kier molecular flexibility index (Phi) is 4.08. The highest BCUT2D eigenvalue weighted by Gasteiger charge is 2.43. The Balaban J connectivity index is 1.58. The van der Waals surface area contributed by atoms with Gasteiger partial charge in [0.05, 0.1) is 0 Å². The number of amides is 1. The van der Waals surface area contributed by atoms with E-state index in [-0.39, 0.29) is 11.8 Å². The molecule has 4 heteroatoms. The van der Waals surface area contributed by atoms with Gasteiger partial charge < -0.3 is 10.6 Å². The molecule has 3 heterocycles. The number of piperidine rings is 2. The fourth-order valence-corrected chi connectivity index (χ4v) is 4.35. The van der Waals surface area contributed by atoms with Crippen LogP contribution in [0.3, 0.4) is 0 Å². The van der Waals surface area contributed by atoms with Gasteiger partial charge in [0.15, 0.2) is 0 Å². The maximum absolute atomic E-state index is 11.8. The summed E-state index contributed by atoms with van der Waals surface area (Å²) in [5, 5.41) is 6.28. The number of hydrogen-bond acceptors (Lipinski definition) is 3. The van der Waals surface area contributed by atoms with E-state index in [1.807, 2.05) is 0 Å². The summed E-state index contributed by atoms with van der Waals surface area (Å²) in [6.45, 7) is 3.65. The number of nitrogens with one attached hydrogen (secondary N) is 2. The third-order valence-corrected chi connectivity index (χ3v) is 5.43. The quantitative estimate of drug-likeness (QED) is 0.799. The molecule has 1 amide bonds. The molecule has 0 spiro atoms. The van der Waals surface area contributed by atoms with Gasteiger partial charge in [-0.3, -0.25) is 9.69 Å². The smallest absolute Gasteiger partial charge is 0.222 e. The van der Waals surface area contributed by atoms with E-state index < -0.39 is 0 Å². The Hall–Kier alpha value is -0.610. The highest BCUT2D eigenvalue weighted by atomic mass is 16.1. The standard InChI is InChI=1S/C15H27N3O/c1-16-15(19)12-8-13-2-3-14(9-12)18(13)10-11-4-6-17-7-5-11/h11-14,17H,2-10H2,1H3,(H,16,19). The van der Waals surface area contributed by atoms with E-state index in [0.29, 0.717) is 12.1 Å². The van der Waals surface area contributed by atoms with E-state index in [2.05, 4.69) is 15.5 Å². The van der Waals surface area contributed by atoms with Crippen LogP contribution in [0, 0.1) is 11.8 Å². The molecule has 2 unspecified atom stereocenters. The van der Waals surface area contributed by atoms with Gasteiger partial charge in [0.2, 0.25) is 5.91 Å². The predicted octanol–water partition coefficient (Wildman–Crippen LogP) is 0.975. The van der Waals surface area contributed by atoms with E-state index in [0.717, 1.165) is 18.8 Å². The van der Waals surface area contributed by atoms with Crippen LogP contribution in [0.15, 0.2) is 0 Å². The molecular weight excluding hydrogens is 238 g/mol. The monoisotopic (exact) mass is 265 g/mol. The van der Waals surface area contributed by atoms with Gasteiger partial charge in [-0.05, 0) is 57.5 Å². The van der Waals surface area contributed by atoms with E-state index in [1.54, 1.807) is 7.05 Å². The lowest BCUT2D eigenvalue weighted by molar-refractivity contribution is -0.127. The van der Waals surface area contributed by atoms with E-state index in [1.165, 1.54) is 45.3 Å². The Morgan fingerprint density at radius 3 is 2.37 bits per heavy atom. The van der Waals surface area contributed by atoms with Gasteiger partial charge in [0.1, 0.15) is 0 Å². The first-order chi connectivity index (χ1) is 9.28. The zero-order valence-corrected chi connectivity index (χ0v) is 12.0. The summed E-state index contributed by atoms with van der Waals surface area (Å²) in [6.07, 6.45) is 7.44. The second-order valence-corrected chi connectivity index (χ2v) is 6.56. The van der Waals surface area contributed by atoms with Crippen molar-refractivity contribution in [2.45, 2.75) is 50.6 Å². The molecule has 0 radical (unpaired) electrons. The molecule has 3 rings (SSSR count). The Bertz CT molecular complexity index is 313. The summed E-state index contributed by atoms with van der Waals surface area (Å²) in [4.78, 5) is 14.6. The third-order valence-electron chi connectivity index (χ3n) is 5.43. The van der Waals surface area contributed by atoms with Crippen LogP contribution in [-0.2, 0) is 4.79 Å². The van der Waals surface area contributed by atoms with Crippen LogP contribution in [-0.4, -0.2) is 49.6 Å². The van der Waals surface area contributed by atoms with Gasteiger partial charge in [-0.15, -0.1) is 0 Å². The van der Waals surface area contributed by atoms with Gasteiger partial charge >= 0.3 is 0 Å². The highest BCUT2D eigenvalue weighted by Crippen LogP contribution is 2.39. The van der Waals surface area contributed by atoms with Crippen molar-refractivity contribution >= 4 is 5.91 Å². The second-order valence-electron chi connectivity index (χ2n) is 6.56. The minimum atomic E-state index is 0.262. The van der Waals surface area contributed by atoms with Crippen molar-refractivity contribution in [1.82, 2.24) is 15.5 Å². The van der Waals surface area contributed by atoms with E-state index in [4.69, 9.17) is 0 Å². The van der Waals surface area contributed by atoms with Gasteiger partial charge in [-0.2, -0.15) is 0 Å². The van der Waals surface area contributed by atoms with Crippen LogP contribution >= 0.6 is 0 Å². The summed E-state index contributed by atoms with van der Waals surface area (Å²) in [6, 6.07) is 1.35. The maximum Gasteiger partial charge on any atom is 0.222 e. The number of hydrogen-bond donors (Lipinski definition) is 2. The lowest BCUT2D eigenvalue weighted by Gasteiger charge is -2.40. The van der Waals surface area contributed by atoms with Gasteiger partial charge in [-0.1, -0.05) is 0 Å². The fraction of sp³-hybridized carbons (Fsp3) is 0.933. The van der Waals surface area contributed by atoms with E-state index >= 15 is 0 Å². The summed E-state index contributed by atoms with van der Waals surface area (Å²) >= 11 is 0. The molecule has 3 aliphatic heterocycles. The van der Waals surface area contributed by atoms with Crippen LogP contribution in [0.25, 0.3) is 0 Å². The molecule has 2 N–H and O–H groups in total. The van der Waals surface area contributed by atoms with Gasteiger partial charge in [-0.25, -0.2) is 0 Å². The van der Waals surface area contributed by atoms with Gasteiger partial charge in [0.25, 0.3) is 0 Å². The van der Waals surface area contributed by atoms with Crippen LogP contribution in [0.4, 0.5) is 0 Å². The zero-order valence-electron chi connectivity index (χ0n) is 12.0. The van der Waals surface area contributed by atoms with Crippen molar-refractivity contribution in [3.8, 4) is 0 Å². The van der Waals surface area contributed by atoms with E-state index in [9.17, 15) is 4.79 Å². The Morgan fingerprint density at radius 2 is 1.79 bits per heavy atom. The first-order valence-corrected chi connectivity index (χ1v) is 7.96. The molecule has 108 valence electrons. The lowest BCUT2D eigenvalue weighted by atomic mass is 9.88. The molecule has 3 aliphatic rings. The Morgan fingerprint density at radius 1 is 1.16 bits per heavy atom. The topological polar surface area (TPSA) is 44.4 Å². The molecule has 0 aliphatic carbocycles.